The van der Waals surface area contributed by atoms with Crippen molar-refractivity contribution in [2.75, 3.05) is 19.6 Å². The Labute approximate surface area is 75.3 Å². The average Bonchev–Trinajstić information content (AvgIpc) is 2.53. The largest absolute Gasteiger partial charge is 0.313 e. The standard InChI is InChI=1S/C10H20N2/c1-9-10(5-6-11-9)12-7-3-2-4-8-12/h9-11H,2-8H2,1H3/t9-,10-/m0/s1. The van der Waals surface area contributed by atoms with Crippen molar-refractivity contribution in [1.82, 2.24) is 10.2 Å². The van der Waals surface area contributed by atoms with E-state index in [9.17, 15) is 0 Å². The molecule has 2 fully saturated rings. The highest BCUT2D eigenvalue weighted by atomic mass is 15.2. The molecule has 0 amide bonds. The summed E-state index contributed by atoms with van der Waals surface area (Å²) in [5, 5.41) is 3.53. The number of rotatable bonds is 1. The molecule has 2 heterocycles. The summed E-state index contributed by atoms with van der Waals surface area (Å²) in [4.78, 5) is 2.69. The maximum Gasteiger partial charge on any atom is 0.0258 e. The Morgan fingerprint density at radius 1 is 1.17 bits per heavy atom. The number of hydrogen-bond acceptors (Lipinski definition) is 2. The first-order valence-corrected chi connectivity index (χ1v) is 5.35. The molecule has 2 heteroatoms. The van der Waals surface area contributed by atoms with Gasteiger partial charge >= 0.3 is 0 Å². The number of likely N-dealkylation sites (tertiary alicyclic amines) is 1. The van der Waals surface area contributed by atoms with Crippen LogP contribution in [0.25, 0.3) is 0 Å². The molecule has 0 unspecified atom stereocenters. The fourth-order valence-corrected chi connectivity index (χ4v) is 2.59. The molecule has 0 radical (unpaired) electrons. The highest BCUT2D eigenvalue weighted by molar-refractivity contribution is 4.88. The molecule has 0 saturated carbocycles. The van der Waals surface area contributed by atoms with Crippen molar-refractivity contribution in [3.63, 3.8) is 0 Å². The molecule has 70 valence electrons. The zero-order chi connectivity index (χ0) is 8.39. The van der Waals surface area contributed by atoms with Gasteiger partial charge in [0.05, 0.1) is 0 Å². The second-order valence-corrected chi connectivity index (χ2v) is 4.20. The number of nitrogens with zero attached hydrogens (tertiary/aromatic N) is 1. The van der Waals surface area contributed by atoms with Crippen LogP contribution in [-0.4, -0.2) is 36.6 Å². The first-order valence-electron chi connectivity index (χ1n) is 5.35. The predicted octanol–water partition coefficient (Wildman–Crippen LogP) is 1.22. The summed E-state index contributed by atoms with van der Waals surface area (Å²) in [5.74, 6) is 0. The normalized spacial score (nSPS) is 38.8. The van der Waals surface area contributed by atoms with Gasteiger partial charge in [0.15, 0.2) is 0 Å². The van der Waals surface area contributed by atoms with E-state index in [-0.39, 0.29) is 0 Å². The van der Waals surface area contributed by atoms with E-state index in [2.05, 4.69) is 17.1 Å². The van der Waals surface area contributed by atoms with Crippen LogP contribution >= 0.6 is 0 Å². The quantitative estimate of drug-likeness (QED) is 0.633. The van der Waals surface area contributed by atoms with Crippen molar-refractivity contribution >= 4 is 0 Å². The molecule has 2 aliphatic rings. The molecule has 2 rings (SSSR count). The van der Waals surface area contributed by atoms with E-state index in [1.807, 2.05) is 0 Å². The minimum atomic E-state index is 0.725. The fraction of sp³-hybridized carbons (Fsp3) is 1.00. The molecule has 0 aromatic carbocycles. The summed E-state index contributed by atoms with van der Waals surface area (Å²) in [6.45, 7) is 6.24. The van der Waals surface area contributed by atoms with Crippen LogP contribution in [0.4, 0.5) is 0 Å². The van der Waals surface area contributed by atoms with Crippen molar-refractivity contribution in [2.45, 2.75) is 44.7 Å². The minimum Gasteiger partial charge on any atom is -0.313 e. The topological polar surface area (TPSA) is 15.3 Å². The summed E-state index contributed by atoms with van der Waals surface area (Å²) in [6, 6.07) is 1.56. The number of nitrogens with one attached hydrogen (secondary N) is 1. The van der Waals surface area contributed by atoms with E-state index in [0.29, 0.717) is 0 Å². The molecule has 2 atom stereocenters. The zero-order valence-corrected chi connectivity index (χ0v) is 8.05. The van der Waals surface area contributed by atoms with Crippen LogP contribution < -0.4 is 5.32 Å². The Kier molecular flexibility index (Phi) is 2.66. The van der Waals surface area contributed by atoms with Gasteiger partial charge in [-0.05, 0) is 45.8 Å². The Balaban J connectivity index is 1.89. The van der Waals surface area contributed by atoms with E-state index >= 15 is 0 Å². The van der Waals surface area contributed by atoms with Gasteiger partial charge in [0, 0.05) is 12.1 Å². The van der Waals surface area contributed by atoms with Gasteiger partial charge in [0.1, 0.15) is 0 Å². The average molecular weight is 168 g/mol. The molecular formula is C10H20N2. The maximum absolute atomic E-state index is 3.53. The fourth-order valence-electron chi connectivity index (χ4n) is 2.59. The van der Waals surface area contributed by atoms with Gasteiger partial charge in [-0.15, -0.1) is 0 Å². The molecule has 2 nitrogen and oxygen atoms in total. The van der Waals surface area contributed by atoms with Gasteiger partial charge in [0.25, 0.3) is 0 Å². The third-order valence-electron chi connectivity index (χ3n) is 3.34. The minimum absolute atomic E-state index is 0.725. The summed E-state index contributed by atoms with van der Waals surface area (Å²) in [7, 11) is 0. The molecule has 0 aromatic heterocycles. The summed E-state index contributed by atoms with van der Waals surface area (Å²) in [5.41, 5.74) is 0. The lowest BCUT2D eigenvalue weighted by molar-refractivity contribution is 0.155. The van der Waals surface area contributed by atoms with Gasteiger partial charge < -0.3 is 5.32 Å². The van der Waals surface area contributed by atoms with E-state index in [4.69, 9.17) is 0 Å². The van der Waals surface area contributed by atoms with E-state index in [0.717, 1.165) is 12.1 Å². The van der Waals surface area contributed by atoms with Crippen LogP contribution in [0.3, 0.4) is 0 Å². The monoisotopic (exact) mass is 168 g/mol. The third-order valence-corrected chi connectivity index (χ3v) is 3.34. The van der Waals surface area contributed by atoms with Crippen molar-refractivity contribution in [3.8, 4) is 0 Å². The second-order valence-electron chi connectivity index (χ2n) is 4.20. The van der Waals surface area contributed by atoms with E-state index in [1.54, 1.807) is 0 Å². The predicted molar refractivity (Wildman–Crippen MR) is 51.3 cm³/mol. The van der Waals surface area contributed by atoms with Crippen molar-refractivity contribution in [1.29, 1.82) is 0 Å². The third kappa shape index (κ3) is 1.64. The van der Waals surface area contributed by atoms with Gasteiger partial charge in [-0.2, -0.15) is 0 Å². The zero-order valence-electron chi connectivity index (χ0n) is 8.05. The van der Waals surface area contributed by atoms with Crippen LogP contribution in [0.2, 0.25) is 0 Å². The lowest BCUT2D eigenvalue weighted by Gasteiger charge is -2.34. The van der Waals surface area contributed by atoms with Crippen molar-refractivity contribution < 1.29 is 0 Å². The Morgan fingerprint density at radius 2 is 1.92 bits per heavy atom. The summed E-state index contributed by atoms with van der Waals surface area (Å²) >= 11 is 0. The maximum atomic E-state index is 3.53. The van der Waals surface area contributed by atoms with Crippen LogP contribution in [0.1, 0.15) is 32.6 Å². The molecule has 1 N–H and O–H groups in total. The highest BCUT2D eigenvalue weighted by Gasteiger charge is 2.28. The summed E-state index contributed by atoms with van der Waals surface area (Å²) < 4.78 is 0. The number of piperidine rings is 1. The molecule has 2 aliphatic heterocycles. The van der Waals surface area contributed by atoms with Gasteiger partial charge in [-0.1, -0.05) is 6.42 Å². The molecule has 2 saturated heterocycles. The summed E-state index contributed by atoms with van der Waals surface area (Å²) in [6.07, 6.45) is 5.65. The lowest BCUT2D eigenvalue weighted by atomic mass is 10.0. The first kappa shape index (κ1) is 8.52. The van der Waals surface area contributed by atoms with Crippen molar-refractivity contribution in [3.05, 3.63) is 0 Å². The van der Waals surface area contributed by atoms with Gasteiger partial charge in [-0.25, -0.2) is 0 Å². The molecule has 0 aromatic rings. The molecule has 0 spiro atoms. The van der Waals surface area contributed by atoms with Gasteiger partial charge in [-0.3, -0.25) is 4.90 Å². The molecule has 0 bridgehead atoms. The lowest BCUT2D eigenvalue weighted by Crippen LogP contribution is -2.44. The van der Waals surface area contributed by atoms with Crippen LogP contribution in [0.15, 0.2) is 0 Å². The van der Waals surface area contributed by atoms with E-state index in [1.165, 1.54) is 45.3 Å². The first-order chi connectivity index (χ1) is 5.88. The SMILES string of the molecule is C[C@@H]1NCC[C@@H]1N1CCCCC1. The molecular weight excluding hydrogens is 148 g/mol. The smallest absolute Gasteiger partial charge is 0.0258 e. The van der Waals surface area contributed by atoms with Gasteiger partial charge in [0.2, 0.25) is 0 Å². The van der Waals surface area contributed by atoms with E-state index < -0.39 is 0 Å². The Bertz CT molecular complexity index is 141. The van der Waals surface area contributed by atoms with Crippen molar-refractivity contribution in [2.24, 2.45) is 0 Å². The highest BCUT2D eigenvalue weighted by Crippen LogP contribution is 2.19. The Morgan fingerprint density at radius 3 is 2.50 bits per heavy atom. The van der Waals surface area contributed by atoms with Crippen LogP contribution in [0.5, 0.6) is 0 Å². The second kappa shape index (κ2) is 3.75. The van der Waals surface area contributed by atoms with Crippen LogP contribution in [0, 0.1) is 0 Å². The molecule has 0 aliphatic carbocycles. The molecule has 12 heavy (non-hydrogen) atoms. The Hall–Kier alpha value is -0.0800. The number of hydrogen-bond donors (Lipinski definition) is 1. The van der Waals surface area contributed by atoms with Crippen LogP contribution in [-0.2, 0) is 0 Å².